The number of nitrogens with zero attached hydrogens (tertiary/aromatic N) is 1. The predicted molar refractivity (Wildman–Crippen MR) is 71.3 cm³/mol. The molecule has 0 unspecified atom stereocenters. The second-order valence-electron chi connectivity index (χ2n) is 4.16. The van der Waals surface area contributed by atoms with E-state index in [4.69, 9.17) is 9.84 Å². The number of ether oxygens (including phenoxy) is 1. The molecule has 0 saturated carbocycles. The van der Waals surface area contributed by atoms with Crippen molar-refractivity contribution in [2.45, 2.75) is 6.92 Å². The topological polar surface area (TPSA) is 89.7 Å². The number of carboxylic acid groups (broad SMARTS) is 1. The van der Waals surface area contributed by atoms with Gasteiger partial charge in [0.2, 0.25) is 5.75 Å². The standard InChI is InChI=1S/C14H11NO5/c1-9-5-6-13(12(7-9)15(18)19)20-11-4-2-3-10(8-11)14(16)17/h2-8H,1H3,(H,16,17). The first-order valence-electron chi connectivity index (χ1n) is 5.73. The van der Waals surface area contributed by atoms with Crippen molar-refractivity contribution in [2.24, 2.45) is 0 Å². The van der Waals surface area contributed by atoms with Crippen molar-refractivity contribution in [3.05, 3.63) is 63.7 Å². The van der Waals surface area contributed by atoms with E-state index in [1.165, 1.54) is 36.4 Å². The number of carboxylic acids is 1. The number of aryl methyl sites for hydroxylation is 1. The van der Waals surface area contributed by atoms with E-state index in [9.17, 15) is 14.9 Å². The maximum absolute atomic E-state index is 11.0. The second-order valence-corrected chi connectivity index (χ2v) is 4.16. The molecular weight excluding hydrogens is 262 g/mol. The molecule has 102 valence electrons. The van der Waals surface area contributed by atoms with Gasteiger partial charge in [-0.3, -0.25) is 10.1 Å². The number of nitro groups is 1. The monoisotopic (exact) mass is 273 g/mol. The van der Waals surface area contributed by atoms with Gasteiger partial charge < -0.3 is 9.84 Å². The van der Waals surface area contributed by atoms with Crippen LogP contribution >= 0.6 is 0 Å². The summed E-state index contributed by atoms with van der Waals surface area (Å²) in [6.45, 7) is 1.74. The largest absolute Gasteiger partial charge is 0.478 e. The lowest BCUT2D eigenvalue weighted by atomic mass is 10.2. The number of hydrogen-bond donors (Lipinski definition) is 1. The third kappa shape index (κ3) is 2.92. The van der Waals surface area contributed by atoms with Gasteiger partial charge in [-0.05, 0) is 36.8 Å². The minimum absolute atomic E-state index is 0.0530. The van der Waals surface area contributed by atoms with E-state index in [1.54, 1.807) is 13.0 Å². The molecule has 20 heavy (non-hydrogen) atoms. The average molecular weight is 273 g/mol. The lowest BCUT2D eigenvalue weighted by Gasteiger charge is -2.07. The minimum Gasteiger partial charge on any atom is -0.478 e. The minimum atomic E-state index is -1.09. The Morgan fingerprint density at radius 3 is 2.65 bits per heavy atom. The molecule has 1 N–H and O–H groups in total. The van der Waals surface area contributed by atoms with Crippen LogP contribution in [0.2, 0.25) is 0 Å². The molecule has 0 saturated heterocycles. The van der Waals surface area contributed by atoms with Crippen molar-refractivity contribution in [1.29, 1.82) is 0 Å². The smallest absolute Gasteiger partial charge is 0.335 e. The van der Waals surface area contributed by atoms with E-state index in [0.717, 1.165) is 5.56 Å². The number of benzene rings is 2. The van der Waals surface area contributed by atoms with Crippen LogP contribution in [-0.4, -0.2) is 16.0 Å². The van der Waals surface area contributed by atoms with E-state index in [1.807, 2.05) is 0 Å². The molecule has 6 nitrogen and oxygen atoms in total. The zero-order valence-electron chi connectivity index (χ0n) is 10.6. The van der Waals surface area contributed by atoms with Crippen LogP contribution in [0.25, 0.3) is 0 Å². The van der Waals surface area contributed by atoms with Crippen LogP contribution < -0.4 is 4.74 Å². The number of hydrogen-bond acceptors (Lipinski definition) is 4. The van der Waals surface area contributed by atoms with Crippen molar-refractivity contribution < 1.29 is 19.6 Å². The van der Waals surface area contributed by atoms with Gasteiger partial charge in [0.1, 0.15) is 5.75 Å². The number of nitro benzene ring substituents is 1. The molecule has 0 radical (unpaired) electrons. The first-order valence-corrected chi connectivity index (χ1v) is 5.73. The quantitative estimate of drug-likeness (QED) is 0.681. The maximum atomic E-state index is 11.0. The average Bonchev–Trinajstić information content (AvgIpc) is 2.41. The molecule has 0 aliphatic carbocycles. The molecule has 0 amide bonds. The highest BCUT2D eigenvalue weighted by atomic mass is 16.6. The SMILES string of the molecule is Cc1ccc(Oc2cccc(C(=O)O)c2)c([N+](=O)[O-])c1. The lowest BCUT2D eigenvalue weighted by Crippen LogP contribution is -1.97. The van der Waals surface area contributed by atoms with Crippen molar-refractivity contribution in [3.63, 3.8) is 0 Å². The van der Waals surface area contributed by atoms with Crippen LogP contribution in [0.3, 0.4) is 0 Å². The summed E-state index contributed by atoms with van der Waals surface area (Å²) in [6, 6.07) is 10.3. The molecule has 2 aromatic rings. The Balaban J connectivity index is 2.37. The third-order valence-corrected chi connectivity index (χ3v) is 2.62. The van der Waals surface area contributed by atoms with Crippen LogP contribution in [0.15, 0.2) is 42.5 Å². The Kier molecular flexibility index (Phi) is 3.65. The van der Waals surface area contributed by atoms with Crippen LogP contribution in [0.4, 0.5) is 5.69 Å². The molecule has 0 atom stereocenters. The van der Waals surface area contributed by atoms with Gasteiger partial charge in [0.15, 0.2) is 0 Å². The third-order valence-electron chi connectivity index (χ3n) is 2.62. The Bertz CT molecular complexity index is 681. The molecule has 0 aliphatic heterocycles. The molecule has 0 aromatic heterocycles. The summed E-state index contributed by atoms with van der Waals surface area (Å²) in [5.41, 5.74) is 0.631. The molecule has 2 rings (SSSR count). The second kappa shape index (κ2) is 5.40. The van der Waals surface area contributed by atoms with E-state index in [-0.39, 0.29) is 22.7 Å². The molecule has 0 bridgehead atoms. The molecule has 0 fully saturated rings. The summed E-state index contributed by atoms with van der Waals surface area (Å²) < 4.78 is 5.41. The molecular formula is C14H11NO5. The van der Waals surface area contributed by atoms with E-state index >= 15 is 0 Å². The summed E-state index contributed by atoms with van der Waals surface area (Å²) in [7, 11) is 0. The highest BCUT2D eigenvalue weighted by Crippen LogP contribution is 2.32. The summed E-state index contributed by atoms with van der Waals surface area (Å²) in [4.78, 5) is 21.3. The zero-order chi connectivity index (χ0) is 14.7. The molecule has 0 heterocycles. The van der Waals surface area contributed by atoms with Gasteiger partial charge in [0.05, 0.1) is 10.5 Å². The Hall–Kier alpha value is -2.89. The Morgan fingerprint density at radius 1 is 1.25 bits per heavy atom. The number of aromatic carboxylic acids is 1. The van der Waals surface area contributed by atoms with E-state index in [2.05, 4.69) is 0 Å². The molecule has 0 aliphatic rings. The van der Waals surface area contributed by atoms with Crippen molar-refractivity contribution in [1.82, 2.24) is 0 Å². The summed E-state index contributed by atoms with van der Waals surface area (Å²) >= 11 is 0. The fourth-order valence-electron chi connectivity index (χ4n) is 1.68. The predicted octanol–water partition coefficient (Wildman–Crippen LogP) is 3.39. The van der Waals surface area contributed by atoms with Crippen molar-refractivity contribution in [3.8, 4) is 11.5 Å². The van der Waals surface area contributed by atoms with Gasteiger partial charge >= 0.3 is 11.7 Å². The molecule has 2 aromatic carbocycles. The summed E-state index contributed by atoms with van der Waals surface area (Å²) in [6.07, 6.45) is 0. The van der Waals surface area contributed by atoms with Crippen molar-refractivity contribution in [2.75, 3.05) is 0 Å². The Labute approximate surface area is 114 Å². The lowest BCUT2D eigenvalue weighted by molar-refractivity contribution is -0.385. The van der Waals surface area contributed by atoms with Gasteiger partial charge in [-0.1, -0.05) is 12.1 Å². The van der Waals surface area contributed by atoms with Gasteiger partial charge in [-0.2, -0.15) is 0 Å². The fraction of sp³-hybridized carbons (Fsp3) is 0.0714. The van der Waals surface area contributed by atoms with Crippen LogP contribution in [0.1, 0.15) is 15.9 Å². The maximum Gasteiger partial charge on any atom is 0.335 e. The number of carbonyl (C=O) groups is 1. The molecule has 0 spiro atoms. The van der Waals surface area contributed by atoms with Gasteiger partial charge in [-0.25, -0.2) is 4.79 Å². The van der Waals surface area contributed by atoms with E-state index in [0.29, 0.717) is 0 Å². The summed E-state index contributed by atoms with van der Waals surface area (Å²) in [5.74, 6) is -0.783. The first kappa shape index (κ1) is 13.5. The Morgan fingerprint density at radius 2 is 2.00 bits per heavy atom. The normalized spacial score (nSPS) is 10.1. The van der Waals surface area contributed by atoms with Crippen LogP contribution in [0.5, 0.6) is 11.5 Å². The van der Waals surface area contributed by atoms with Crippen LogP contribution in [0, 0.1) is 17.0 Å². The fourth-order valence-corrected chi connectivity index (χ4v) is 1.68. The highest BCUT2D eigenvalue weighted by molar-refractivity contribution is 5.88. The highest BCUT2D eigenvalue weighted by Gasteiger charge is 2.16. The summed E-state index contributed by atoms with van der Waals surface area (Å²) in [5, 5.41) is 19.9. The van der Waals surface area contributed by atoms with Crippen LogP contribution in [-0.2, 0) is 0 Å². The van der Waals surface area contributed by atoms with E-state index < -0.39 is 10.9 Å². The zero-order valence-corrected chi connectivity index (χ0v) is 10.6. The van der Waals surface area contributed by atoms with Gasteiger partial charge in [0, 0.05) is 6.07 Å². The van der Waals surface area contributed by atoms with Crippen molar-refractivity contribution >= 4 is 11.7 Å². The van der Waals surface area contributed by atoms with Gasteiger partial charge in [0.25, 0.3) is 0 Å². The molecule has 6 heteroatoms. The first-order chi connectivity index (χ1) is 9.47. The number of rotatable bonds is 4. The van der Waals surface area contributed by atoms with Gasteiger partial charge in [-0.15, -0.1) is 0 Å².